The molecule has 1 fully saturated rings. The topological polar surface area (TPSA) is 93.2 Å². The van der Waals surface area contributed by atoms with Crippen LogP contribution in [-0.4, -0.2) is 39.7 Å². The molecule has 1 saturated heterocycles. The van der Waals surface area contributed by atoms with Crippen LogP contribution in [0.2, 0.25) is 0 Å². The highest BCUT2D eigenvalue weighted by Crippen LogP contribution is 2.29. The molecule has 1 aliphatic carbocycles. The molecule has 0 aromatic carbocycles. The second kappa shape index (κ2) is 5.98. The number of carbonyl (C=O) groups excluding carboxylic acids is 2. The fraction of sp³-hybridized carbons (Fsp3) is 0.667. The third kappa shape index (κ3) is 2.80. The predicted octanol–water partition coefficient (Wildman–Crippen LogP) is 0.704. The van der Waals surface area contributed by atoms with Crippen molar-refractivity contribution in [2.45, 2.75) is 38.1 Å². The van der Waals surface area contributed by atoms with E-state index in [4.69, 9.17) is 5.73 Å². The summed E-state index contributed by atoms with van der Waals surface area (Å²) in [6.07, 6.45) is 6.20. The summed E-state index contributed by atoms with van der Waals surface area (Å²) in [5.74, 6) is -0.351. The summed E-state index contributed by atoms with van der Waals surface area (Å²) in [7, 11) is 1.94. The molecule has 7 heteroatoms. The number of piperidine rings is 1. The highest BCUT2D eigenvalue weighted by molar-refractivity contribution is 5.78. The Morgan fingerprint density at radius 2 is 2.05 bits per heavy atom. The third-order valence-corrected chi connectivity index (χ3v) is 4.86. The van der Waals surface area contributed by atoms with Crippen molar-refractivity contribution in [2.75, 3.05) is 13.1 Å². The van der Waals surface area contributed by atoms with E-state index in [9.17, 15) is 9.59 Å². The standard InChI is InChI=1S/C15H23N5O2/c1-19-13-4-2-3-12(11(13)9-17-19)18-15(22)20-7-5-10(6-8-20)14(16)21/h9-10,12H,2-8H2,1H3,(H2,16,21)(H,18,22)/t12-/m1/s1. The number of hydrogen-bond acceptors (Lipinski definition) is 3. The first kappa shape index (κ1) is 14.9. The zero-order chi connectivity index (χ0) is 15.7. The van der Waals surface area contributed by atoms with Crippen LogP contribution in [0.1, 0.15) is 43.0 Å². The Kier molecular flexibility index (Phi) is 4.04. The number of carbonyl (C=O) groups is 2. The van der Waals surface area contributed by atoms with Crippen LogP contribution in [0.15, 0.2) is 6.20 Å². The molecule has 3 amide bonds. The molecule has 0 unspecified atom stereocenters. The van der Waals surface area contributed by atoms with E-state index in [1.54, 1.807) is 4.90 Å². The zero-order valence-corrected chi connectivity index (χ0v) is 12.9. The van der Waals surface area contributed by atoms with Crippen molar-refractivity contribution >= 4 is 11.9 Å². The van der Waals surface area contributed by atoms with Gasteiger partial charge in [-0.2, -0.15) is 5.10 Å². The van der Waals surface area contributed by atoms with E-state index < -0.39 is 0 Å². The van der Waals surface area contributed by atoms with E-state index in [0.717, 1.165) is 24.8 Å². The average Bonchev–Trinajstić information content (AvgIpc) is 2.90. The smallest absolute Gasteiger partial charge is 0.317 e. The van der Waals surface area contributed by atoms with Gasteiger partial charge >= 0.3 is 6.03 Å². The van der Waals surface area contributed by atoms with Crippen LogP contribution in [0.25, 0.3) is 0 Å². The molecule has 1 atom stereocenters. The van der Waals surface area contributed by atoms with Gasteiger partial charge in [0.2, 0.25) is 5.91 Å². The molecule has 0 radical (unpaired) electrons. The number of hydrogen-bond donors (Lipinski definition) is 2. The van der Waals surface area contributed by atoms with Crippen molar-refractivity contribution in [3.05, 3.63) is 17.5 Å². The first-order valence-corrected chi connectivity index (χ1v) is 7.92. The summed E-state index contributed by atoms with van der Waals surface area (Å²) in [5, 5.41) is 7.42. The van der Waals surface area contributed by atoms with Crippen molar-refractivity contribution < 1.29 is 9.59 Å². The molecule has 3 N–H and O–H groups in total. The fourth-order valence-corrected chi connectivity index (χ4v) is 3.46. The SMILES string of the molecule is Cn1ncc2c1CCC[C@H]2NC(=O)N1CCC(C(N)=O)CC1. The third-order valence-electron chi connectivity index (χ3n) is 4.86. The number of aromatic nitrogens is 2. The molecule has 7 nitrogen and oxygen atoms in total. The number of fused-ring (bicyclic) bond motifs is 1. The maximum absolute atomic E-state index is 12.4. The number of amides is 3. The van der Waals surface area contributed by atoms with Crippen LogP contribution < -0.4 is 11.1 Å². The van der Waals surface area contributed by atoms with Crippen molar-refractivity contribution in [3.63, 3.8) is 0 Å². The van der Waals surface area contributed by atoms with Gasteiger partial charge in [-0.15, -0.1) is 0 Å². The molecule has 22 heavy (non-hydrogen) atoms. The molecule has 1 aromatic heterocycles. The average molecular weight is 305 g/mol. The molecular formula is C15H23N5O2. The van der Waals surface area contributed by atoms with E-state index in [0.29, 0.717) is 25.9 Å². The highest BCUT2D eigenvalue weighted by atomic mass is 16.2. The molecule has 1 aliphatic heterocycles. The van der Waals surface area contributed by atoms with Gasteiger partial charge in [0.1, 0.15) is 0 Å². The Labute approximate surface area is 129 Å². The first-order valence-electron chi connectivity index (χ1n) is 7.92. The van der Waals surface area contributed by atoms with Gasteiger partial charge in [-0.05, 0) is 32.1 Å². The van der Waals surface area contributed by atoms with Gasteiger partial charge in [-0.3, -0.25) is 9.48 Å². The molecule has 0 bridgehead atoms. The number of likely N-dealkylation sites (tertiary alicyclic amines) is 1. The Morgan fingerprint density at radius 1 is 1.32 bits per heavy atom. The Balaban J connectivity index is 1.60. The molecule has 2 aliphatic rings. The normalized spacial score (nSPS) is 22.2. The summed E-state index contributed by atoms with van der Waals surface area (Å²) in [4.78, 5) is 25.4. The van der Waals surface area contributed by atoms with Crippen LogP contribution in [0, 0.1) is 5.92 Å². The van der Waals surface area contributed by atoms with Crippen molar-refractivity contribution in [1.29, 1.82) is 0 Å². The number of aryl methyl sites for hydroxylation is 1. The number of rotatable bonds is 2. The van der Waals surface area contributed by atoms with E-state index in [1.807, 2.05) is 17.9 Å². The Bertz CT molecular complexity index is 574. The van der Waals surface area contributed by atoms with Gasteiger partial charge in [0.05, 0.1) is 12.2 Å². The van der Waals surface area contributed by atoms with Crippen molar-refractivity contribution in [3.8, 4) is 0 Å². The van der Waals surface area contributed by atoms with Crippen molar-refractivity contribution in [2.24, 2.45) is 18.7 Å². The second-order valence-corrected chi connectivity index (χ2v) is 6.23. The monoisotopic (exact) mass is 305 g/mol. The number of urea groups is 1. The van der Waals surface area contributed by atoms with Gasteiger partial charge < -0.3 is 16.0 Å². The summed E-state index contributed by atoms with van der Waals surface area (Å²) in [5.41, 5.74) is 7.67. The Hall–Kier alpha value is -2.05. The Morgan fingerprint density at radius 3 is 2.73 bits per heavy atom. The first-order chi connectivity index (χ1) is 10.6. The van der Waals surface area contributed by atoms with Gasteiger partial charge in [-0.25, -0.2) is 4.79 Å². The van der Waals surface area contributed by atoms with Gasteiger partial charge in [0.15, 0.2) is 0 Å². The fourth-order valence-electron chi connectivity index (χ4n) is 3.46. The summed E-state index contributed by atoms with van der Waals surface area (Å²) >= 11 is 0. The maximum Gasteiger partial charge on any atom is 0.317 e. The zero-order valence-electron chi connectivity index (χ0n) is 12.9. The quantitative estimate of drug-likeness (QED) is 0.842. The van der Waals surface area contributed by atoms with Gasteiger partial charge in [-0.1, -0.05) is 0 Å². The minimum atomic E-state index is -0.257. The predicted molar refractivity (Wildman–Crippen MR) is 80.9 cm³/mol. The lowest BCUT2D eigenvalue weighted by Crippen LogP contribution is -2.47. The number of nitrogens with zero attached hydrogens (tertiary/aromatic N) is 3. The summed E-state index contributed by atoms with van der Waals surface area (Å²) in [6.45, 7) is 1.18. The molecule has 1 aromatic rings. The second-order valence-electron chi connectivity index (χ2n) is 6.23. The van der Waals surface area contributed by atoms with Crippen LogP contribution in [-0.2, 0) is 18.3 Å². The molecule has 3 rings (SSSR count). The van der Waals surface area contributed by atoms with Crippen LogP contribution in [0.3, 0.4) is 0 Å². The lowest BCUT2D eigenvalue weighted by atomic mass is 9.93. The van der Waals surface area contributed by atoms with Crippen LogP contribution >= 0.6 is 0 Å². The minimum Gasteiger partial charge on any atom is -0.369 e. The molecule has 0 saturated carbocycles. The maximum atomic E-state index is 12.4. The highest BCUT2D eigenvalue weighted by Gasteiger charge is 2.29. The number of primary amides is 1. The van der Waals surface area contributed by atoms with Crippen molar-refractivity contribution in [1.82, 2.24) is 20.0 Å². The van der Waals surface area contributed by atoms with Gasteiger partial charge in [0, 0.05) is 37.3 Å². The number of nitrogens with two attached hydrogens (primary N) is 1. The lowest BCUT2D eigenvalue weighted by Gasteiger charge is -2.33. The molecular weight excluding hydrogens is 282 g/mol. The lowest BCUT2D eigenvalue weighted by molar-refractivity contribution is -0.123. The summed E-state index contributed by atoms with van der Waals surface area (Å²) < 4.78 is 1.89. The van der Waals surface area contributed by atoms with Crippen LogP contribution in [0.4, 0.5) is 4.79 Å². The summed E-state index contributed by atoms with van der Waals surface area (Å²) in [6, 6.07) is -0.0107. The van der Waals surface area contributed by atoms with E-state index in [-0.39, 0.29) is 23.9 Å². The number of nitrogens with one attached hydrogen (secondary N) is 1. The van der Waals surface area contributed by atoms with E-state index >= 15 is 0 Å². The minimum absolute atomic E-state index is 0.0406. The van der Waals surface area contributed by atoms with Gasteiger partial charge in [0.25, 0.3) is 0 Å². The molecule has 120 valence electrons. The van der Waals surface area contributed by atoms with E-state index in [2.05, 4.69) is 10.4 Å². The van der Waals surface area contributed by atoms with Crippen LogP contribution in [0.5, 0.6) is 0 Å². The molecule has 2 heterocycles. The largest absolute Gasteiger partial charge is 0.369 e. The molecule has 0 spiro atoms. The van der Waals surface area contributed by atoms with E-state index in [1.165, 1.54) is 5.69 Å².